The molecule has 0 aliphatic rings. The van der Waals surface area contributed by atoms with E-state index in [0.717, 1.165) is 28.5 Å². The molecule has 2 rings (SSSR count). The highest BCUT2D eigenvalue weighted by Gasteiger charge is 2.08. The second-order valence-electron chi connectivity index (χ2n) is 5.35. The summed E-state index contributed by atoms with van der Waals surface area (Å²) in [6.45, 7) is 3.01. The molecule has 0 saturated carbocycles. The summed E-state index contributed by atoms with van der Waals surface area (Å²) in [5.74, 6) is 2.93. The number of aryl methyl sites for hydroxylation is 1. The summed E-state index contributed by atoms with van der Waals surface area (Å²) in [7, 11) is 3.64. The molecule has 0 amide bonds. The van der Waals surface area contributed by atoms with Gasteiger partial charge in [0.1, 0.15) is 11.6 Å². The van der Waals surface area contributed by atoms with Crippen LogP contribution in [0.1, 0.15) is 22.8 Å². The van der Waals surface area contributed by atoms with Gasteiger partial charge in [0.05, 0.1) is 6.54 Å². The van der Waals surface area contributed by atoms with Gasteiger partial charge in [0.2, 0.25) is 0 Å². The highest BCUT2D eigenvalue weighted by atomic mass is 127. The molecule has 138 valence electrons. The maximum absolute atomic E-state index is 13.4. The Hall–Kier alpha value is -1.36. The van der Waals surface area contributed by atoms with Gasteiger partial charge in [-0.2, -0.15) is 11.8 Å². The highest BCUT2D eigenvalue weighted by molar-refractivity contribution is 14.0. The maximum Gasteiger partial charge on any atom is 0.191 e. The van der Waals surface area contributed by atoms with Crippen molar-refractivity contribution >= 4 is 41.7 Å². The lowest BCUT2D eigenvalue weighted by Crippen LogP contribution is -2.37. The number of guanidine groups is 1. The molecule has 0 atom stereocenters. The van der Waals surface area contributed by atoms with Crippen LogP contribution in [-0.4, -0.2) is 34.0 Å². The van der Waals surface area contributed by atoms with Gasteiger partial charge < -0.3 is 15.2 Å². The van der Waals surface area contributed by atoms with Gasteiger partial charge >= 0.3 is 0 Å². The first kappa shape index (κ1) is 21.7. The highest BCUT2D eigenvalue weighted by Crippen LogP contribution is 2.16. The van der Waals surface area contributed by atoms with Gasteiger partial charge in [-0.15, -0.1) is 34.2 Å². The number of benzene rings is 1. The van der Waals surface area contributed by atoms with E-state index in [2.05, 4.69) is 25.8 Å². The monoisotopic (exact) mass is 478 g/mol. The Balaban J connectivity index is 0.00000312. The van der Waals surface area contributed by atoms with E-state index in [1.165, 1.54) is 6.07 Å². The first-order valence-corrected chi connectivity index (χ1v) is 9.00. The van der Waals surface area contributed by atoms with Crippen LogP contribution in [0.15, 0.2) is 23.2 Å². The summed E-state index contributed by atoms with van der Waals surface area (Å²) >= 11 is 1.67. The van der Waals surface area contributed by atoms with E-state index in [-0.39, 0.29) is 29.8 Å². The third kappa shape index (κ3) is 6.14. The average molecular weight is 478 g/mol. The molecule has 0 bridgehead atoms. The number of rotatable bonds is 6. The molecule has 25 heavy (non-hydrogen) atoms. The van der Waals surface area contributed by atoms with Crippen LogP contribution in [0.3, 0.4) is 0 Å². The van der Waals surface area contributed by atoms with E-state index in [9.17, 15) is 4.39 Å². The second-order valence-corrected chi connectivity index (χ2v) is 6.21. The Morgan fingerprint density at radius 2 is 1.96 bits per heavy atom. The van der Waals surface area contributed by atoms with Gasteiger partial charge in [-0.05, 0) is 36.4 Å². The molecule has 0 aliphatic carbocycles. The van der Waals surface area contributed by atoms with Crippen LogP contribution < -0.4 is 10.6 Å². The summed E-state index contributed by atoms with van der Waals surface area (Å²) < 4.78 is 15.3. The van der Waals surface area contributed by atoms with Gasteiger partial charge in [-0.3, -0.25) is 4.99 Å². The number of halogens is 2. The van der Waals surface area contributed by atoms with Gasteiger partial charge in [-0.25, -0.2) is 4.39 Å². The SMILES string of the molecule is CN=C(NCc1ccc(F)cc1CSC)NCc1nnc(C)n1C.I. The summed E-state index contributed by atoms with van der Waals surface area (Å²) in [6, 6.07) is 4.89. The molecule has 0 radical (unpaired) electrons. The zero-order chi connectivity index (χ0) is 17.5. The molecule has 1 heterocycles. The van der Waals surface area contributed by atoms with E-state index in [0.29, 0.717) is 19.0 Å². The summed E-state index contributed by atoms with van der Waals surface area (Å²) in [5, 5.41) is 14.6. The summed E-state index contributed by atoms with van der Waals surface area (Å²) in [5.41, 5.74) is 2.05. The molecular weight excluding hydrogens is 454 g/mol. The van der Waals surface area contributed by atoms with Crippen LogP contribution in [-0.2, 0) is 25.9 Å². The lowest BCUT2D eigenvalue weighted by atomic mass is 10.1. The molecule has 1 aromatic heterocycles. The summed E-state index contributed by atoms with van der Waals surface area (Å²) in [6.07, 6.45) is 2.01. The van der Waals surface area contributed by atoms with Crippen molar-refractivity contribution in [2.45, 2.75) is 25.8 Å². The number of thioether (sulfide) groups is 1. The van der Waals surface area contributed by atoms with Crippen LogP contribution in [0.4, 0.5) is 4.39 Å². The Bertz CT molecular complexity index is 719. The molecule has 2 aromatic rings. The fourth-order valence-electron chi connectivity index (χ4n) is 2.22. The Morgan fingerprint density at radius 1 is 1.24 bits per heavy atom. The smallest absolute Gasteiger partial charge is 0.191 e. The van der Waals surface area contributed by atoms with Crippen LogP contribution in [0.2, 0.25) is 0 Å². The van der Waals surface area contributed by atoms with Gasteiger partial charge in [0.15, 0.2) is 11.8 Å². The van der Waals surface area contributed by atoms with Crippen LogP contribution in [0.25, 0.3) is 0 Å². The van der Waals surface area contributed by atoms with E-state index in [4.69, 9.17) is 0 Å². The Labute approximate surface area is 169 Å². The minimum absolute atomic E-state index is 0. The molecule has 9 heteroatoms. The fourth-order valence-corrected chi connectivity index (χ4v) is 2.80. The lowest BCUT2D eigenvalue weighted by molar-refractivity contribution is 0.625. The van der Waals surface area contributed by atoms with E-state index >= 15 is 0 Å². The van der Waals surface area contributed by atoms with Crippen LogP contribution in [0, 0.1) is 12.7 Å². The van der Waals surface area contributed by atoms with Gasteiger partial charge in [0.25, 0.3) is 0 Å². The topological polar surface area (TPSA) is 67.1 Å². The molecule has 0 fully saturated rings. The van der Waals surface area contributed by atoms with Crippen LogP contribution in [0.5, 0.6) is 0 Å². The second kappa shape index (κ2) is 10.6. The number of aliphatic imine (C=N–C) groups is 1. The average Bonchev–Trinajstić information content (AvgIpc) is 2.89. The number of nitrogens with zero attached hydrogens (tertiary/aromatic N) is 4. The molecule has 0 unspecified atom stereocenters. The lowest BCUT2D eigenvalue weighted by Gasteiger charge is -2.14. The largest absolute Gasteiger partial charge is 0.352 e. The predicted molar refractivity (Wildman–Crippen MR) is 112 cm³/mol. The van der Waals surface area contributed by atoms with Gasteiger partial charge in [-0.1, -0.05) is 6.07 Å². The minimum atomic E-state index is -0.206. The zero-order valence-corrected chi connectivity index (χ0v) is 18.0. The quantitative estimate of drug-likeness (QED) is 0.380. The molecule has 0 saturated heterocycles. The molecule has 1 aromatic carbocycles. The van der Waals surface area contributed by atoms with Crippen molar-refractivity contribution in [3.8, 4) is 0 Å². The number of hydrogen-bond donors (Lipinski definition) is 2. The van der Waals surface area contributed by atoms with Crippen molar-refractivity contribution < 1.29 is 4.39 Å². The van der Waals surface area contributed by atoms with E-state index in [1.807, 2.05) is 30.9 Å². The zero-order valence-electron chi connectivity index (χ0n) is 14.8. The minimum Gasteiger partial charge on any atom is -0.352 e. The van der Waals surface area contributed by atoms with E-state index in [1.54, 1.807) is 24.9 Å². The molecule has 2 N–H and O–H groups in total. The Kier molecular flexibility index (Phi) is 9.19. The van der Waals surface area contributed by atoms with Crippen LogP contribution >= 0.6 is 35.7 Å². The molecule has 6 nitrogen and oxygen atoms in total. The van der Waals surface area contributed by atoms with Crippen molar-refractivity contribution in [2.24, 2.45) is 12.0 Å². The van der Waals surface area contributed by atoms with E-state index < -0.39 is 0 Å². The molecule has 0 aliphatic heterocycles. The summed E-state index contributed by atoms with van der Waals surface area (Å²) in [4.78, 5) is 4.21. The number of hydrogen-bond acceptors (Lipinski definition) is 4. The van der Waals surface area contributed by atoms with Crippen molar-refractivity contribution in [2.75, 3.05) is 13.3 Å². The third-order valence-electron chi connectivity index (χ3n) is 3.73. The van der Waals surface area contributed by atoms with Crippen molar-refractivity contribution in [3.05, 3.63) is 46.8 Å². The standard InChI is InChI=1S/C16H23FN6S.HI/c1-11-21-22-15(23(11)3)9-20-16(18-2)19-8-12-5-6-14(17)7-13(12)10-24-4;/h5-7H,8-10H2,1-4H3,(H2,18,19,20);1H. The predicted octanol–water partition coefficient (Wildman–Crippen LogP) is 2.61. The first-order chi connectivity index (χ1) is 11.5. The Morgan fingerprint density at radius 3 is 2.56 bits per heavy atom. The van der Waals surface area contributed by atoms with Gasteiger partial charge in [0, 0.05) is 26.4 Å². The number of aromatic nitrogens is 3. The fraction of sp³-hybridized carbons (Fsp3) is 0.438. The van der Waals surface area contributed by atoms with Crippen molar-refractivity contribution in [1.82, 2.24) is 25.4 Å². The maximum atomic E-state index is 13.4. The first-order valence-electron chi connectivity index (χ1n) is 7.60. The van der Waals surface area contributed by atoms with Crippen molar-refractivity contribution in [1.29, 1.82) is 0 Å². The third-order valence-corrected chi connectivity index (χ3v) is 4.33. The number of nitrogens with one attached hydrogen (secondary N) is 2. The molecular formula is C16H24FIN6S. The normalized spacial score (nSPS) is 11.2. The van der Waals surface area contributed by atoms with Crippen molar-refractivity contribution in [3.63, 3.8) is 0 Å². The molecule has 0 spiro atoms.